The summed E-state index contributed by atoms with van der Waals surface area (Å²) in [4.78, 5) is 0. The second-order valence-corrected chi connectivity index (χ2v) is 4.18. The fourth-order valence-corrected chi connectivity index (χ4v) is 1.76. The molecular formula is C13H15F3N2O. The van der Waals surface area contributed by atoms with Gasteiger partial charge in [0.15, 0.2) is 0 Å². The summed E-state index contributed by atoms with van der Waals surface area (Å²) in [6, 6.07) is 4.67. The predicted molar refractivity (Wildman–Crippen MR) is 65.6 cm³/mol. The third-order valence-corrected chi connectivity index (χ3v) is 2.67. The Bertz CT molecular complexity index is 466. The maximum atomic E-state index is 12.8. The summed E-state index contributed by atoms with van der Waals surface area (Å²) < 4.78 is 38.3. The third-order valence-electron chi connectivity index (χ3n) is 2.67. The van der Waals surface area contributed by atoms with Crippen LogP contribution in [0.1, 0.15) is 30.9 Å². The molecular weight excluding hydrogens is 257 g/mol. The molecule has 1 aromatic carbocycles. The number of alkyl halides is 3. The predicted octanol–water partition coefficient (Wildman–Crippen LogP) is 3.15. The number of nitrogens with one attached hydrogen (secondary N) is 1. The van der Waals surface area contributed by atoms with Gasteiger partial charge in [0.2, 0.25) is 0 Å². The van der Waals surface area contributed by atoms with Crippen LogP contribution < -0.4 is 5.32 Å². The van der Waals surface area contributed by atoms with Crippen molar-refractivity contribution in [3.8, 4) is 6.07 Å². The summed E-state index contributed by atoms with van der Waals surface area (Å²) >= 11 is 0. The Hall–Kier alpha value is -1.74. The first-order valence-corrected chi connectivity index (χ1v) is 5.91. The van der Waals surface area contributed by atoms with Crippen molar-refractivity contribution in [1.82, 2.24) is 0 Å². The molecule has 1 rings (SSSR count). The first-order chi connectivity index (χ1) is 8.92. The number of benzene rings is 1. The molecule has 0 aliphatic rings. The molecule has 0 aliphatic carbocycles. The van der Waals surface area contributed by atoms with Crippen LogP contribution in [0, 0.1) is 11.3 Å². The van der Waals surface area contributed by atoms with Gasteiger partial charge >= 0.3 is 6.18 Å². The number of rotatable bonds is 5. The van der Waals surface area contributed by atoms with Gasteiger partial charge in [-0.05, 0) is 24.6 Å². The molecule has 104 valence electrons. The smallest absolute Gasteiger partial charge is 0.394 e. The van der Waals surface area contributed by atoms with Crippen molar-refractivity contribution in [2.75, 3.05) is 11.9 Å². The summed E-state index contributed by atoms with van der Waals surface area (Å²) in [5.74, 6) is 0. The van der Waals surface area contributed by atoms with Gasteiger partial charge in [-0.1, -0.05) is 13.3 Å². The van der Waals surface area contributed by atoms with Gasteiger partial charge < -0.3 is 10.4 Å². The summed E-state index contributed by atoms with van der Waals surface area (Å²) in [6.45, 7) is 1.76. The van der Waals surface area contributed by atoms with E-state index in [4.69, 9.17) is 10.4 Å². The minimum absolute atomic E-state index is 0.158. The van der Waals surface area contributed by atoms with E-state index in [1.54, 1.807) is 0 Å². The Morgan fingerprint density at radius 1 is 1.42 bits per heavy atom. The average molecular weight is 272 g/mol. The van der Waals surface area contributed by atoms with E-state index < -0.39 is 17.3 Å². The van der Waals surface area contributed by atoms with E-state index in [9.17, 15) is 13.2 Å². The second kappa shape index (κ2) is 6.43. The SMILES string of the molecule is CCCC(CO)Nc1ccc(C#N)c(C(F)(F)F)c1. The van der Waals surface area contributed by atoms with E-state index in [1.165, 1.54) is 12.1 Å². The van der Waals surface area contributed by atoms with Crippen LogP contribution in [0.2, 0.25) is 0 Å². The molecule has 3 nitrogen and oxygen atoms in total. The lowest BCUT2D eigenvalue weighted by atomic mass is 10.1. The van der Waals surface area contributed by atoms with Crippen molar-refractivity contribution < 1.29 is 18.3 Å². The highest BCUT2D eigenvalue weighted by Gasteiger charge is 2.33. The zero-order chi connectivity index (χ0) is 14.5. The molecule has 0 saturated heterocycles. The molecule has 0 amide bonds. The van der Waals surface area contributed by atoms with E-state index >= 15 is 0 Å². The summed E-state index contributed by atoms with van der Waals surface area (Å²) in [5, 5.41) is 20.6. The molecule has 1 atom stereocenters. The fraction of sp³-hybridized carbons (Fsp3) is 0.462. The minimum Gasteiger partial charge on any atom is -0.394 e. The van der Waals surface area contributed by atoms with Crippen molar-refractivity contribution in [2.45, 2.75) is 32.0 Å². The van der Waals surface area contributed by atoms with Gasteiger partial charge in [-0.25, -0.2) is 0 Å². The Morgan fingerprint density at radius 2 is 2.11 bits per heavy atom. The van der Waals surface area contributed by atoms with Crippen LogP contribution >= 0.6 is 0 Å². The standard InChI is InChI=1S/C13H15F3N2O/c1-2-3-11(8-19)18-10-5-4-9(7-17)12(6-10)13(14,15)16/h4-6,11,18-19H,2-3,8H2,1H3. The lowest BCUT2D eigenvalue weighted by Gasteiger charge is -2.18. The zero-order valence-corrected chi connectivity index (χ0v) is 10.5. The summed E-state index contributed by atoms with van der Waals surface area (Å²) in [7, 11) is 0. The number of halogens is 3. The quantitative estimate of drug-likeness (QED) is 0.865. The molecule has 19 heavy (non-hydrogen) atoms. The molecule has 2 N–H and O–H groups in total. The average Bonchev–Trinajstić information content (AvgIpc) is 2.37. The van der Waals surface area contributed by atoms with Crippen LogP contribution in [0.3, 0.4) is 0 Å². The maximum absolute atomic E-state index is 12.8. The van der Waals surface area contributed by atoms with Crippen LogP contribution in [0.25, 0.3) is 0 Å². The van der Waals surface area contributed by atoms with Crippen LogP contribution in [0.15, 0.2) is 18.2 Å². The van der Waals surface area contributed by atoms with E-state index in [0.717, 1.165) is 18.6 Å². The molecule has 0 bridgehead atoms. The highest BCUT2D eigenvalue weighted by atomic mass is 19.4. The number of nitrogens with zero attached hydrogens (tertiary/aromatic N) is 1. The van der Waals surface area contributed by atoms with Gasteiger partial charge in [-0.2, -0.15) is 18.4 Å². The second-order valence-electron chi connectivity index (χ2n) is 4.18. The van der Waals surface area contributed by atoms with Crippen molar-refractivity contribution in [3.63, 3.8) is 0 Å². The lowest BCUT2D eigenvalue weighted by molar-refractivity contribution is -0.137. The van der Waals surface area contributed by atoms with Crippen LogP contribution in [-0.2, 0) is 6.18 Å². The fourth-order valence-electron chi connectivity index (χ4n) is 1.76. The number of hydrogen-bond acceptors (Lipinski definition) is 3. The van der Waals surface area contributed by atoms with Crippen LogP contribution in [0.4, 0.5) is 18.9 Å². The van der Waals surface area contributed by atoms with Crippen LogP contribution in [0.5, 0.6) is 0 Å². The summed E-state index contributed by atoms with van der Waals surface area (Å²) in [6.07, 6.45) is -3.11. The van der Waals surface area contributed by atoms with E-state index in [2.05, 4.69) is 5.32 Å². The maximum Gasteiger partial charge on any atom is 0.417 e. The third kappa shape index (κ3) is 4.14. The van der Waals surface area contributed by atoms with Gasteiger partial charge in [0.25, 0.3) is 0 Å². The number of aliphatic hydroxyl groups is 1. The molecule has 0 aliphatic heterocycles. The number of aliphatic hydroxyl groups excluding tert-OH is 1. The summed E-state index contributed by atoms with van der Waals surface area (Å²) in [5.41, 5.74) is -1.12. The molecule has 1 unspecified atom stereocenters. The molecule has 0 spiro atoms. The Morgan fingerprint density at radius 3 is 2.58 bits per heavy atom. The Labute approximate surface area is 109 Å². The molecule has 0 heterocycles. The van der Waals surface area contributed by atoms with Gasteiger partial charge in [0.05, 0.1) is 23.8 Å². The first kappa shape index (κ1) is 15.3. The van der Waals surface area contributed by atoms with Crippen molar-refractivity contribution >= 4 is 5.69 Å². The van der Waals surface area contributed by atoms with E-state index in [1.807, 2.05) is 6.92 Å². The molecule has 0 radical (unpaired) electrons. The monoisotopic (exact) mass is 272 g/mol. The first-order valence-electron chi connectivity index (χ1n) is 5.91. The Kier molecular flexibility index (Phi) is 5.19. The zero-order valence-electron chi connectivity index (χ0n) is 10.5. The van der Waals surface area contributed by atoms with Crippen molar-refractivity contribution in [1.29, 1.82) is 5.26 Å². The van der Waals surface area contributed by atoms with Gasteiger partial charge in [0.1, 0.15) is 0 Å². The molecule has 0 aromatic heterocycles. The normalized spacial score (nSPS) is 12.8. The number of nitriles is 1. The van der Waals surface area contributed by atoms with Gasteiger partial charge in [-0.15, -0.1) is 0 Å². The molecule has 0 fully saturated rings. The topological polar surface area (TPSA) is 56.0 Å². The molecule has 6 heteroatoms. The molecule has 0 saturated carbocycles. The van der Waals surface area contributed by atoms with E-state index in [-0.39, 0.29) is 18.3 Å². The Balaban J connectivity index is 3.02. The highest BCUT2D eigenvalue weighted by molar-refractivity contribution is 5.53. The molecule has 1 aromatic rings. The number of hydrogen-bond donors (Lipinski definition) is 2. The van der Waals surface area contributed by atoms with Crippen LogP contribution in [-0.4, -0.2) is 17.8 Å². The largest absolute Gasteiger partial charge is 0.417 e. The highest BCUT2D eigenvalue weighted by Crippen LogP contribution is 2.33. The number of anilines is 1. The van der Waals surface area contributed by atoms with E-state index in [0.29, 0.717) is 6.42 Å². The van der Waals surface area contributed by atoms with Crippen molar-refractivity contribution in [3.05, 3.63) is 29.3 Å². The van der Waals surface area contributed by atoms with Gasteiger partial charge in [0, 0.05) is 11.7 Å². The minimum atomic E-state index is -4.57. The lowest BCUT2D eigenvalue weighted by Crippen LogP contribution is -2.23. The van der Waals surface area contributed by atoms with Crippen molar-refractivity contribution in [2.24, 2.45) is 0 Å². The van der Waals surface area contributed by atoms with Gasteiger partial charge in [-0.3, -0.25) is 0 Å².